The van der Waals surface area contributed by atoms with Crippen LogP contribution >= 0.6 is 0 Å². The summed E-state index contributed by atoms with van der Waals surface area (Å²) in [5.74, 6) is -5.03. The van der Waals surface area contributed by atoms with Crippen molar-refractivity contribution in [3.8, 4) is 0 Å². The van der Waals surface area contributed by atoms with E-state index >= 15 is 0 Å². The Labute approximate surface area is 337 Å². The number of likely N-dealkylation sites (tertiary alicyclic amines) is 1. The molecule has 3 atom stereocenters. The number of benzene rings is 3. The summed E-state index contributed by atoms with van der Waals surface area (Å²) in [5.41, 5.74) is 4.37. The lowest BCUT2D eigenvalue weighted by atomic mass is 9.82. The fourth-order valence-electron chi connectivity index (χ4n) is 7.34. The topological polar surface area (TPSA) is 247 Å². The Kier molecular flexibility index (Phi) is 13.1. The maximum Gasteiger partial charge on any atom is 0.226 e. The first-order valence-electron chi connectivity index (χ1n) is 19.0. The highest BCUT2D eigenvalue weighted by molar-refractivity contribution is 7.91. The van der Waals surface area contributed by atoms with Crippen molar-refractivity contribution in [3.63, 3.8) is 0 Å². The van der Waals surface area contributed by atoms with E-state index in [0.717, 1.165) is 6.07 Å². The van der Waals surface area contributed by atoms with Crippen molar-refractivity contribution in [2.45, 2.75) is 76.1 Å². The zero-order valence-electron chi connectivity index (χ0n) is 32.9. The number of carbonyl (C=O) groups excluding carboxylic acids is 6. The summed E-state index contributed by atoms with van der Waals surface area (Å²) in [7, 11) is -9.32. The summed E-state index contributed by atoms with van der Waals surface area (Å²) in [6, 6.07) is 11.3. The van der Waals surface area contributed by atoms with E-state index in [1.54, 1.807) is 34.6 Å². The van der Waals surface area contributed by atoms with Crippen molar-refractivity contribution < 1.29 is 50.2 Å². The fraction of sp³-hybridized carbons (Fsp3) is 0.415. The van der Waals surface area contributed by atoms with Crippen LogP contribution in [0.1, 0.15) is 92.1 Å². The number of ketones is 4. The van der Waals surface area contributed by atoms with Gasteiger partial charge in [0, 0.05) is 60.5 Å². The highest BCUT2D eigenvalue weighted by atomic mass is 32.2. The van der Waals surface area contributed by atoms with E-state index in [-0.39, 0.29) is 81.7 Å². The number of nitrogens with one attached hydrogen (secondary N) is 2. The first-order chi connectivity index (χ1) is 27.1. The average Bonchev–Trinajstić information content (AvgIpc) is 3.66. The molecular weight excluding hydrogens is 789 g/mol. The van der Waals surface area contributed by atoms with E-state index < -0.39 is 77.2 Å². The quantitative estimate of drug-likeness (QED) is 0.107. The summed E-state index contributed by atoms with van der Waals surface area (Å²) in [4.78, 5) is 79.9. The van der Waals surface area contributed by atoms with Crippen molar-refractivity contribution in [3.05, 3.63) is 76.9 Å². The van der Waals surface area contributed by atoms with Gasteiger partial charge in [-0.1, -0.05) is 65.0 Å². The second-order valence-corrected chi connectivity index (χ2v) is 18.9. The molecule has 0 bridgehead atoms. The van der Waals surface area contributed by atoms with Gasteiger partial charge in [-0.3, -0.25) is 28.8 Å². The van der Waals surface area contributed by atoms with Crippen molar-refractivity contribution in [1.29, 1.82) is 0 Å². The zero-order chi connectivity index (χ0) is 42.9. The van der Waals surface area contributed by atoms with Gasteiger partial charge in [0.2, 0.25) is 11.8 Å². The number of nitrogen functional groups attached to an aromatic ring is 1. The number of nitrogens with two attached hydrogens (primary N) is 1. The Bertz CT molecular complexity index is 2410. The van der Waals surface area contributed by atoms with Crippen LogP contribution in [0.4, 0.5) is 17.1 Å². The minimum Gasteiger partial charge on any atom is -0.744 e. The lowest BCUT2D eigenvalue weighted by Crippen LogP contribution is -2.45. The van der Waals surface area contributed by atoms with Crippen LogP contribution in [0.25, 0.3) is 0 Å². The summed E-state index contributed by atoms with van der Waals surface area (Å²) in [6.45, 7) is 8.80. The van der Waals surface area contributed by atoms with Crippen molar-refractivity contribution in [2.24, 2.45) is 23.7 Å². The van der Waals surface area contributed by atoms with Gasteiger partial charge in [-0.05, 0) is 43.0 Å². The molecule has 58 heavy (non-hydrogen) atoms. The van der Waals surface area contributed by atoms with Gasteiger partial charge in [-0.2, -0.15) is 0 Å². The van der Waals surface area contributed by atoms with Crippen LogP contribution in [0, 0.1) is 23.7 Å². The van der Waals surface area contributed by atoms with Gasteiger partial charge in [0.15, 0.2) is 27.2 Å². The largest absolute Gasteiger partial charge is 0.744 e. The predicted molar refractivity (Wildman–Crippen MR) is 213 cm³/mol. The number of amides is 2. The summed E-state index contributed by atoms with van der Waals surface area (Å²) >= 11 is 0. The molecule has 3 aromatic carbocycles. The first-order valence-corrected chi connectivity index (χ1v) is 22.0. The number of fused-ring (bicyclic) bond motifs is 2. The lowest BCUT2D eigenvalue weighted by Gasteiger charge is -2.28. The van der Waals surface area contributed by atoms with Gasteiger partial charge >= 0.3 is 0 Å². The molecule has 17 heteroatoms. The molecule has 4 N–H and O–H groups in total. The van der Waals surface area contributed by atoms with E-state index in [9.17, 15) is 50.2 Å². The van der Waals surface area contributed by atoms with Crippen LogP contribution < -0.4 is 16.4 Å². The molecule has 2 amide bonds. The van der Waals surface area contributed by atoms with E-state index in [0.29, 0.717) is 19.4 Å². The number of rotatable bonds is 16. The lowest BCUT2D eigenvalue weighted by molar-refractivity contribution is -0.143. The zero-order valence-corrected chi connectivity index (χ0v) is 34.5. The predicted octanol–water partition coefficient (Wildman–Crippen LogP) is 4.06. The van der Waals surface area contributed by atoms with Crippen LogP contribution in [0.15, 0.2) is 64.4 Å². The first kappa shape index (κ1) is 43.9. The molecule has 3 aromatic rings. The number of Topliss-reactive ketones (excluding diaryl/α,β-unsaturated/α-hetero) is 2. The van der Waals surface area contributed by atoms with Crippen LogP contribution in [0.3, 0.4) is 0 Å². The smallest absolute Gasteiger partial charge is 0.226 e. The maximum atomic E-state index is 13.7. The Hall–Kier alpha value is -5.26. The SMILES string of the molecule is CC(C)C(=O)CC(C)C(=O)N1CCCC1C(=O)CC(C(=O)NCCS(=O)(=O)c1cccc(Nc2cc(S(=O)(=O)[O-])c(N)c3c2C(=O)c2ccccc2C3=O)c1)C(C)C. The molecule has 0 saturated carbocycles. The molecule has 310 valence electrons. The highest BCUT2D eigenvalue weighted by Crippen LogP contribution is 2.40. The van der Waals surface area contributed by atoms with Gasteiger partial charge < -0.3 is 25.8 Å². The second kappa shape index (κ2) is 17.3. The van der Waals surface area contributed by atoms with E-state index in [1.807, 2.05) is 0 Å². The normalized spacial score (nSPS) is 16.5. The molecule has 5 rings (SSSR count). The monoisotopic (exact) mass is 835 g/mol. The Morgan fingerprint density at radius 3 is 2.12 bits per heavy atom. The summed E-state index contributed by atoms with van der Waals surface area (Å²) in [6.07, 6.45) is 0.961. The molecule has 3 unspecified atom stereocenters. The molecule has 1 aliphatic carbocycles. The summed E-state index contributed by atoms with van der Waals surface area (Å²) in [5, 5.41) is 5.43. The molecular formula is C41H47N4O11S2-. The van der Waals surface area contributed by atoms with Crippen LogP contribution in [0.2, 0.25) is 0 Å². The number of hydrogen-bond donors (Lipinski definition) is 3. The average molecular weight is 836 g/mol. The van der Waals surface area contributed by atoms with Gasteiger partial charge in [0.05, 0.1) is 44.1 Å². The van der Waals surface area contributed by atoms with Crippen molar-refractivity contribution >= 4 is 72.0 Å². The van der Waals surface area contributed by atoms with Gasteiger partial charge in [0.1, 0.15) is 15.9 Å². The molecule has 2 aliphatic rings. The van der Waals surface area contributed by atoms with Crippen LogP contribution in [-0.4, -0.2) is 86.1 Å². The minimum atomic E-state index is -5.24. The third kappa shape index (κ3) is 9.21. The third-order valence-electron chi connectivity index (χ3n) is 10.7. The number of hydrogen-bond acceptors (Lipinski definition) is 13. The second-order valence-electron chi connectivity index (χ2n) is 15.4. The van der Waals surface area contributed by atoms with Crippen molar-refractivity contribution in [1.82, 2.24) is 10.2 Å². The molecule has 0 aromatic heterocycles. The number of carbonyl (C=O) groups is 6. The Morgan fingerprint density at radius 1 is 0.879 bits per heavy atom. The third-order valence-corrected chi connectivity index (χ3v) is 13.2. The number of anilines is 3. The van der Waals surface area contributed by atoms with Gasteiger partial charge in [-0.15, -0.1) is 0 Å². The standard InChI is InChI=1S/C41H48N4O11S2/c1-22(2)29(20-33(47)31-14-9-16-45(31)41(51)24(5)18-32(46)23(3)4)40(50)43-15-17-57(52,53)26-11-8-10-25(19-26)44-30-21-34(58(54,55)56)37(42)36-35(30)38(48)27-12-6-7-13-28(27)39(36)49/h6-8,10-13,19,21-24,29,31,44H,9,14-18,20,42H2,1-5H3,(H,43,50)(H,54,55,56)/p-1. The van der Waals surface area contributed by atoms with Crippen LogP contribution in [-0.2, 0) is 39.1 Å². The molecule has 1 aliphatic heterocycles. The van der Waals surface area contributed by atoms with Gasteiger partial charge in [-0.25, -0.2) is 16.8 Å². The van der Waals surface area contributed by atoms with Crippen molar-refractivity contribution in [2.75, 3.05) is 29.9 Å². The molecule has 0 radical (unpaired) electrons. The molecule has 0 spiro atoms. The minimum absolute atomic E-state index is 0.0270. The molecule has 1 saturated heterocycles. The molecule has 15 nitrogen and oxygen atoms in total. The Balaban J connectivity index is 1.28. The van der Waals surface area contributed by atoms with Crippen LogP contribution in [0.5, 0.6) is 0 Å². The van der Waals surface area contributed by atoms with E-state index in [4.69, 9.17) is 5.73 Å². The van der Waals surface area contributed by atoms with Gasteiger partial charge in [0.25, 0.3) is 0 Å². The number of nitrogens with zero attached hydrogens (tertiary/aromatic N) is 1. The van der Waals surface area contributed by atoms with E-state index in [2.05, 4.69) is 10.6 Å². The van der Waals surface area contributed by atoms with E-state index in [1.165, 1.54) is 53.4 Å². The Morgan fingerprint density at radius 2 is 1.52 bits per heavy atom. The molecule has 1 fully saturated rings. The highest BCUT2D eigenvalue weighted by Gasteiger charge is 2.39. The fourth-order valence-corrected chi connectivity index (χ4v) is 9.17. The molecule has 1 heterocycles. The number of sulfone groups is 1. The summed E-state index contributed by atoms with van der Waals surface area (Å²) < 4.78 is 63.6. The maximum absolute atomic E-state index is 13.7.